The number of carbonyl (C=O) groups is 1. The Morgan fingerprint density at radius 2 is 2.12 bits per heavy atom. The molecular weight excluding hydrogens is 197 g/mol. The second-order valence-corrected chi connectivity index (χ2v) is 6.49. The monoisotopic (exact) mass is 221 g/mol. The average Bonchev–Trinajstić information content (AvgIpc) is 2.15. The van der Waals surface area contributed by atoms with Gasteiger partial charge < -0.3 is 4.90 Å². The molecule has 1 aliphatic heterocycles. The summed E-state index contributed by atoms with van der Waals surface area (Å²) < 4.78 is 0. The molecule has 1 saturated heterocycles. The van der Waals surface area contributed by atoms with E-state index in [9.17, 15) is 4.79 Å². The van der Waals surface area contributed by atoms with Crippen molar-refractivity contribution in [3.8, 4) is 0 Å². The normalized spacial score (nSPS) is 40.0. The maximum absolute atomic E-state index is 12.0. The summed E-state index contributed by atoms with van der Waals surface area (Å²) in [4.78, 5) is 14.2. The van der Waals surface area contributed by atoms with Crippen LogP contribution in [-0.4, -0.2) is 30.7 Å². The minimum absolute atomic E-state index is 0.370. The van der Waals surface area contributed by atoms with Crippen molar-refractivity contribution in [1.82, 2.24) is 4.90 Å². The molecule has 16 heavy (non-hydrogen) atoms. The summed E-state index contributed by atoms with van der Waals surface area (Å²) in [5.74, 6) is 1.11. The molecule has 1 aliphatic carbocycles. The van der Waals surface area contributed by atoms with E-state index >= 15 is 0 Å². The lowest BCUT2D eigenvalue weighted by molar-refractivity contribution is -0.143. The second kappa shape index (κ2) is 4.08. The zero-order valence-corrected chi connectivity index (χ0v) is 11.1. The van der Waals surface area contributed by atoms with Crippen LogP contribution in [0.5, 0.6) is 0 Å². The molecule has 0 radical (unpaired) electrons. The molecule has 3 heteroatoms. The Morgan fingerprint density at radius 3 is 2.75 bits per heavy atom. The highest BCUT2D eigenvalue weighted by molar-refractivity contribution is 6.15. The fourth-order valence-electron chi connectivity index (χ4n) is 3.85. The predicted octanol–water partition coefficient (Wildman–Crippen LogP) is 2.00. The number of likely N-dealkylation sites (tertiary alicyclic amines) is 1. The molecule has 90 valence electrons. The quantitative estimate of drug-likeness (QED) is 0.620. The summed E-state index contributed by atoms with van der Waals surface area (Å²) in [5, 5.41) is 0.427. The fourth-order valence-corrected chi connectivity index (χ4v) is 3.85. The highest BCUT2D eigenvalue weighted by Crippen LogP contribution is 2.50. The van der Waals surface area contributed by atoms with Gasteiger partial charge in [0.05, 0.1) is 0 Å². The van der Waals surface area contributed by atoms with E-state index in [-0.39, 0.29) is 0 Å². The predicted molar refractivity (Wildman–Crippen MR) is 69.3 cm³/mol. The van der Waals surface area contributed by atoms with Crippen LogP contribution in [0.2, 0.25) is 5.31 Å². The zero-order valence-electron chi connectivity index (χ0n) is 11.1. The molecule has 3 unspecified atom stereocenters. The van der Waals surface area contributed by atoms with Crippen LogP contribution in [-0.2, 0) is 4.79 Å². The van der Waals surface area contributed by atoms with Crippen LogP contribution in [0, 0.1) is 5.92 Å². The van der Waals surface area contributed by atoms with Gasteiger partial charge in [-0.05, 0) is 32.6 Å². The average molecular weight is 221 g/mol. The summed E-state index contributed by atoms with van der Waals surface area (Å²) >= 11 is 0. The standard InChI is InChI=1S/C13H24BNO/c1-9(2)15-11-5-4-8-13(3,14)10(11)6-7-12(15)16/h9-11H,4-8,14H2,1-3H3. The Morgan fingerprint density at radius 1 is 1.44 bits per heavy atom. The molecule has 0 spiro atoms. The maximum Gasteiger partial charge on any atom is 0.223 e. The lowest BCUT2D eigenvalue weighted by Gasteiger charge is -2.52. The van der Waals surface area contributed by atoms with Crippen LogP contribution in [0.15, 0.2) is 0 Å². The Hall–Kier alpha value is -0.465. The van der Waals surface area contributed by atoms with Crippen LogP contribution in [0.4, 0.5) is 0 Å². The molecular formula is C13H24BNO. The Labute approximate surface area is 100 Å². The second-order valence-electron chi connectivity index (χ2n) is 6.49. The smallest absolute Gasteiger partial charge is 0.223 e. The molecule has 2 nitrogen and oxygen atoms in total. The lowest BCUT2D eigenvalue weighted by Crippen LogP contribution is -2.55. The van der Waals surface area contributed by atoms with Crippen molar-refractivity contribution in [3.63, 3.8) is 0 Å². The van der Waals surface area contributed by atoms with Gasteiger partial charge >= 0.3 is 0 Å². The van der Waals surface area contributed by atoms with E-state index in [1.54, 1.807) is 0 Å². The Bertz CT molecular complexity index is 288. The number of fused-ring (bicyclic) bond motifs is 1. The third-order valence-electron chi connectivity index (χ3n) is 4.66. The number of piperidine rings is 1. The van der Waals surface area contributed by atoms with E-state index in [1.807, 2.05) is 0 Å². The summed E-state index contributed by atoms with van der Waals surface area (Å²) in [6, 6.07) is 0.888. The van der Waals surface area contributed by atoms with Gasteiger partial charge in [0.15, 0.2) is 0 Å². The SMILES string of the molecule is BC1(C)CCCC2C1CCC(=O)N2C(C)C. The first kappa shape index (κ1) is 12.0. The summed E-state index contributed by atoms with van der Waals surface area (Å²) in [6.45, 7) is 6.70. The topological polar surface area (TPSA) is 20.3 Å². The van der Waals surface area contributed by atoms with Gasteiger partial charge in [0.2, 0.25) is 5.91 Å². The molecule has 0 aromatic rings. The third-order valence-corrected chi connectivity index (χ3v) is 4.66. The van der Waals surface area contributed by atoms with E-state index in [4.69, 9.17) is 0 Å². The van der Waals surface area contributed by atoms with E-state index < -0.39 is 0 Å². The van der Waals surface area contributed by atoms with Crippen LogP contribution in [0.25, 0.3) is 0 Å². The molecule has 0 aromatic carbocycles. The third kappa shape index (κ3) is 1.89. The molecule has 0 N–H and O–H groups in total. The fraction of sp³-hybridized carbons (Fsp3) is 0.923. The zero-order chi connectivity index (χ0) is 11.9. The maximum atomic E-state index is 12.0. The lowest BCUT2D eigenvalue weighted by atomic mass is 9.52. The number of hydrogen-bond acceptors (Lipinski definition) is 1. The van der Waals surface area contributed by atoms with Crippen molar-refractivity contribution < 1.29 is 4.79 Å². The number of rotatable bonds is 1. The van der Waals surface area contributed by atoms with Crippen LogP contribution in [0.1, 0.15) is 52.9 Å². The van der Waals surface area contributed by atoms with Crippen molar-refractivity contribution in [2.75, 3.05) is 0 Å². The van der Waals surface area contributed by atoms with E-state index in [1.165, 1.54) is 19.3 Å². The van der Waals surface area contributed by atoms with E-state index in [0.29, 0.717) is 23.3 Å². The van der Waals surface area contributed by atoms with Gasteiger partial charge in [-0.3, -0.25) is 4.79 Å². The number of hydrogen-bond donors (Lipinski definition) is 0. The first-order valence-corrected chi connectivity index (χ1v) is 6.74. The number of amides is 1. The minimum Gasteiger partial charge on any atom is -0.337 e. The molecule has 0 bridgehead atoms. The Balaban J connectivity index is 2.24. The van der Waals surface area contributed by atoms with Gasteiger partial charge in [0.1, 0.15) is 7.85 Å². The van der Waals surface area contributed by atoms with Crippen LogP contribution in [0.3, 0.4) is 0 Å². The van der Waals surface area contributed by atoms with Crippen molar-refractivity contribution in [1.29, 1.82) is 0 Å². The summed E-state index contributed by atoms with van der Waals surface area (Å²) in [7, 11) is 2.39. The molecule has 2 rings (SSSR count). The van der Waals surface area contributed by atoms with E-state index in [0.717, 1.165) is 18.8 Å². The van der Waals surface area contributed by atoms with Gasteiger partial charge in [-0.1, -0.05) is 25.1 Å². The van der Waals surface area contributed by atoms with Crippen molar-refractivity contribution in [3.05, 3.63) is 0 Å². The first-order chi connectivity index (χ1) is 7.43. The number of nitrogens with zero attached hydrogens (tertiary/aromatic N) is 1. The van der Waals surface area contributed by atoms with Crippen molar-refractivity contribution >= 4 is 13.8 Å². The largest absolute Gasteiger partial charge is 0.337 e. The van der Waals surface area contributed by atoms with Gasteiger partial charge in [0, 0.05) is 18.5 Å². The number of carbonyl (C=O) groups excluding carboxylic acids is 1. The molecule has 1 heterocycles. The molecule has 1 saturated carbocycles. The Kier molecular flexibility index (Phi) is 3.06. The molecule has 1 amide bonds. The molecule has 3 atom stereocenters. The van der Waals surface area contributed by atoms with Gasteiger partial charge in [-0.15, -0.1) is 0 Å². The van der Waals surface area contributed by atoms with Gasteiger partial charge in [0.25, 0.3) is 0 Å². The molecule has 0 aromatic heterocycles. The summed E-state index contributed by atoms with van der Waals surface area (Å²) in [6.07, 6.45) is 5.71. The van der Waals surface area contributed by atoms with Gasteiger partial charge in [-0.25, -0.2) is 0 Å². The van der Waals surface area contributed by atoms with Crippen molar-refractivity contribution in [2.24, 2.45) is 5.92 Å². The molecule has 2 aliphatic rings. The first-order valence-electron chi connectivity index (χ1n) is 6.74. The minimum atomic E-state index is 0.370. The van der Waals surface area contributed by atoms with Crippen molar-refractivity contribution in [2.45, 2.75) is 70.3 Å². The van der Waals surface area contributed by atoms with Gasteiger partial charge in [-0.2, -0.15) is 0 Å². The van der Waals surface area contributed by atoms with Crippen LogP contribution >= 0.6 is 0 Å². The highest BCUT2D eigenvalue weighted by Gasteiger charge is 2.45. The summed E-state index contributed by atoms with van der Waals surface area (Å²) in [5.41, 5.74) is 0. The molecule has 2 fully saturated rings. The van der Waals surface area contributed by atoms with E-state index in [2.05, 4.69) is 33.5 Å². The van der Waals surface area contributed by atoms with Crippen LogP contribution < -0.4 is 0 Å². The highest BCUT2D eigenvalue weighted by atomic mass is 16.2.